The van der Waals surface area contributed by atoms with E-state index in [2.05, 4.69) is 0 Å². The zero-order valence-corrected chi connectivity index (χ0v) is 31.5. The predicted octanol–water partition coefficient (Wildman–Crippen LogP) is -7.03. The molecule has 22 heteroatoms. The van der Waals surface area contributed by atoms with Crippen LogP contribution in [0.1, 0.15) is 27.7 Å². The minimum absolute atomic E-state index is 0.389. The Bertz CT molecular complexity index is 1200. The average molecular weight is 821 g/mol. The van der Waals surface area contributed by atoms with Crippen molar-refractivity contribution in [2.45, 2.75) is 163 Å². The lowest BCUT2D eigenvalue weighted by atomic mass is 9.88. The first kappa shape index (κ1) is 46.2. The molecule has 5 saturated heterocycles. The molecule has 5 fully saturated rings. The predicted molar refractivity (Wildman–Crippen MR) is 179 cm³/mol. The van der Waals surface area contributed by atoms with E-state index in [1.54, 1.807) is 13.8 Å². The molecular formula is C34H60O22. The van der Waals surface area contributed by atoms with Gasteiger partial charge >= 0.3 is 0 Å². The summed E-state index contributed by atoms with van der Waals surface area (Å²) in [6.45, 7) is 2.78. The Morgan fingerprint density at radius 2 is 0.696 bits per heavy atom. The van der Waals surface area contributed by atoms with E-state index < -0.39 is 180 Å². The van der Waals surface area contributed by atoms with Gasteiger partial charge in [-0.05, 0) is 6.92 Å². The first-order valence-electron chi connectivity index (χ1n) is 18.9. The zero-order chi connectivity index (χ0) is 41.3. The summed E-state index contributed by atoms with van der Waals surface area (Å²) in [4.78, 5) is 0. The molecule has 5 aliphatic heterocycles. The highest BCUT2D eigenvalue weighted by Gasteiger charge is 2.56. The second kappa shape index (κ2) is 19.7. The average Bonchev–Trinajstić information content (AvgIpc) is 3.19. The topological polar surface area (TPSA) is 346 Å². The largest absolute Gasteiger partial charge is 0.394 e. The summed E-state index contributed by atoms with van der Waals surface area (Å²) in [5.41, 5.74) is 0. The van der Waals surface area contributed by atoms with Crippen molar-refractivity contribution in [2.75, 3.05) is 33.0 Å². The van der Waals surface area contributed by atoms with Gasteiger partial charge < -0.3 is 109 Å². The van der Waals surface area contributed by atoms with Crippen LogP contribution in [-0.2, 0) is 42.6 Å². The van der Waals surface area contributed by atoms with E-state index in [4.69, 9.17) is 42.6 Å². The van der Waals surface area contributed by atoms with Crippen molar-refractivity contribution >= 4 is 0 Å². The molecule has 0 amide bonds. The van der Waals surface area contributed by atoms with Gasteiger partial charge in [-0.2, -0.15) is 0 Å². The molecule has 13 N–H and O–H groups in total. The van der Waals surface area contributed by atoms with Crippen LogP contribution in [0.15, 0.2) is 0 Å². The number of aliphatic hydroxyl groups excluding tert-OH is 13. The maximum Gasteiger partial charge on any atom is 0.187 e. The Hall–Kier alpha value is -0.880. The van der Waals surface area contributed by atoms with E-state index in [0.29, 0.717) is 0 Å². The van der Waals surface area contributed by atoms with Crippen molar-refractivity contribution < 1.29 is 109 Å². The van der Waals surface area contributed by atoms with E-state index in [1.807, 2.05) is 0 Å². The lowest BCUT2D eigenvalue weighted by Crippen LogP contribution is -2.67. The minimum Gasteiger partial charge on any atom is -0.394 e. The number of aliphatic hydroxyl groups is 13. The van der Waals surface area contributed by atoms with Crippen molar-refractivity contribution in [2.24, 2.45) is 17.8 Å². The number of hydrogen-bond acceptors (Lipinski definition) is 22. The lowest BCUT2D eigenvalue weighted by Gasteiger charge is -2.50. The van der Waals surface area contributed by atoms with Crippen molar-refractivity contribution in [1.29, 1.82) is 0 Å². The normalized spacial score (nSPS) is 53.2. The van der Waals surface area contributed by atoms with Crippen LogP contribution in [0.3, 0.4) is 0 Å². The van der Waals surface area contributed by atoms with Crippen LogP contribution in [0.25, 0.3) is 0 Å². The van der Waals surface area contributed by atoms with Crippen LogP contribution in [0.2, 0.25) is 0 Å². The van der Waals surface area contributed by atoms with Crippen LogP contribution in [0, 0.1) is 17.8 Å². The number of hydrogen-bond donors (Lipinski definition) is 13. The third kappa shape index (κ3) is 9.22. The first-order valence-corrected chi connectivity index (χ1v) is 18.9. The van der Waals surface area contributed by atoms with Crippen molar-refractivity contribution in [3.05, 3.63) is 0 Å². The summed E-state index contributed by atoms with van der Waals surface area (Å²) in [6.07, 6.45) is -32.4. The molecule has 0 saturated carbocycles. The van der Waals surface area contributed by atoms with Crippen LogP contribution < -0.4 is 0 Å². The first-order chi connectivity index (χ1) is 26.5. The number of rotatable bonds is 13. The van der Waals surface area contributed by atoms with Gasteiger partial charge in [-0.3, -0.25) is 0 Å². The summed E-state index contributed by atoms with van der Waals surface area (Å²) in [5.74, 6) is -2.30. The molecule has 0 radical (unpaired) electrons. The molecule has 0 aliphatic carbocycles. The van der Waals surface area contributed by atoms with Gasteiger partial charge in [0.05, 0.1) is 57.5 Å². The van der Waals surface area contributed by atoms with Gasteiger partial charge in [-0.1, -0.05) is 20.8 Å². The fourth-order valence-electron chi connectivity index (χ4n) is 7.75. The fourth-order valence-corrected chi connectivity index (χ4v) is 7.75. The zero-order valence-electron chi connectivity index (χ0n) is 31.5. The van der Waals surface area contributed by atoms with Crippen molar-refractivity contribution in [3.8, 4) is 0 Å². The Kier molecular flexibility index (Phi) is 16.2. The Morgan fingerprint density at radius 1 is 0.321 bits per heavy atom. The Morgan fingerprint density at radius 3 is 1.25 bits per heavy atom. The smallest absolute Gasteiger partial charge is 0.187 e. The maximum absolute atomic E-state index is 11.5. The lowest BCUT2D eigenvalue weighted by molar-refractivity contribution is -0.394. The molecule has 25 atom stereocenters. The molecule has 0 aromatic heterocycles. The molecule has 0 aromatic rings. The summed E-state index contributed by atoms with van der Waals surface area (Å²) in [5, 5.41) is 138. The highest BCUT2D eigenvalue weighted by Crippen LogP contribution is 2.38. The molecule has 328 valence electrons. The molecule has 5 rings (SSSR count). The fraction of sp³-hybridized carbons (Fsp3) is 1.00. The van der Waals surface area contributed by atoms with Gasteiger partial charge in [0.25, 0.3) is 0 Å². The molecule has 10 unspecified atom stereocenters. The van der Waals surface area contributed by atoms with Gasteiger partial charge in [0.2, 0.25) is 0 Å². The van der Waals surface area contributed by atoms with E-state index in [9.17, 15) is 66.4 Å². The van der Waals surface area contributed by atoms with Crippen molar-refractivity contribution in [1.82, 2.24) is 0 Å². The summed E-state index contributed by atoms with van der Waals surface area (Å²) >= 11 is 0. The van der Waals surface area contributed by atoms with Gasteiger partial charge in [0.1, 0.15) is 85.5 Å². The summed E-state index contributed by atoms with van der Waals surface area (Å²) in [7, 11) is 0. The minimum atomic E-state index is -1.98. The van der Waals surface area contributed by atoms with E-state index in [0.717, 1.165) is 0 Å². The molecule has 0 aromatic carbocycles. The van der Waals surface area contributed by atoms with Crippen LogP contribution in [0.4, 0.5) is 0 Å². The summed E-state index contributed by atoms with van der Waals surface area (Å²) in [6, 6.07) is 0. The van der Waals surface area contributed by atoms with Gasteiger partial charge in [-0.25, -0.2) is 0 Å². The molecule has 56 heavy (non-hydrogen) atoms. The van der Waals surface area contributed by atoms with E-state index in [-0.39, 0.29) is 5.92 Å². The van der Waals surface area contributed by atoms with Crippen LogP contribution in [0.5, 0.6) is 0 Å². The highest BCUT2D eigenvalue weighted by molar-refractivity contribution is 4.98. The molecular weight excluding hydrogens is 760 g/mol. The van der Waals surface area contributed by atoms with Gasteiger partial charge in [0.15, 0.2) is 25.2 Å². The summed E-state index contributed by atoms with van der Waals surface area (Å²) < 4.78 is 52.6. The number of ether oxygens (including phenoxy) is 9. The third-order valence-electron chi connectivity index (χ3n) is 11.7. The third-order valence-corrected chi connectivity index (χ3v) is 11.7. The SMILES string of the molecule is C[C@@H]1OC(CO)[C@@H](O[C@@H]2OC(CO)[C@@H](O[C@@H]3OC(CO)[C@@H](O)C(O[C@H]4O[C@H](CO)[C@@H](O)C(O)C4O[C@@H]4OC(CO)[C@@H](O)C(O)[C@@H]4C)[C@H]3O)C(O)[C@@H]2C)C(O)[C@@H]1C. The van der Waals surface area contributed by atoms with Gasteiger partial charge in [0, 0.05) is 17.8 Å². The molecule has 0 bridgehead atoms. The quantitative estimate of drug-likeness (QED) is 0.0821. The molecule has 5 aliphatic rings. The molecule has 22 nitrogen and oxygen atoms in total. The second-order valence-corrected chi connectivity index (χ2v) is 15.4. The van der Waals surface area contributed by atoms with Crippen LogP contribution >= 0.6 is 0 Å². The molecule has 5 heterocycles. The Balaban J connectivity index is 1.33. The monoisotopic (exact) mass is 820 g/mol. The van der Waals surface area contributed by atoms with E-state index >= 15 is 0 Å². The molecule has 0 spiro atoms. The highest BCUT2D eigenvalue weighted by atomic mass is 16.8. The van der Waals surface area contributed by atoms with E-state index in [1.165, 1.54) is 13.8 Å². The van der Waals surface area contributed by atoms with Gasteiger partial charge in [-0.15, -0.1) is 0 Å². The maximum atomic E-state index is 11.5. The van der Waals surface area contributed by atoms with Crippen LogP contribution in [-0.4, -0.2) is 234 Å². The second-order valence-electron chi connectivity index (χ2n) is 15.4. The van der Waals surface area contributed by atoms with Crippen molar-refractivity contribution in [3.63, 3.8) is 0 Å². The Labute approximate surface area is 322 Å². The standard InChI is InChI=1S/C34H60O22/c1-10-13(4)48-17(8-38)27(20(10)41)53-32-12(3)21(42)28(18(9-39)52-32)54-33-26(47)29(24(45)16(7-37)50-33)55-34-30(25(46)23(44)15(6-36)51-34)56-31-11(2)19(40)22(43)14(5-35)49-31/h10-47H,5-9H2,1-4H3/t10-,11+,12+,13+,14?,15-,16?,17?,18?,19?,20?,21?,22-,23-,24-,25?,26-,27-,28-,29?,30?,31+,32+,33+,34-/m1/s1.